The highest BCUT2D eigenvalue weighted by Crippen LogP contribution is 2.26. The Hall–Kier alpha value is 0.690. The standard InChI is InChI=1S/C13H28IN/c1-6-10(3)11(4)8-12(7-2)13(9-14)15-5/h10-13,15H,6-9H2,1-5H3. The van der Waals surface area contributed by atoms with E-state index in [1.165, 1.54) is 23.7 Å². The molecule has 4 unspecified atom stereocenters. The fourth-order valence-corrected chi connectivity index (χ4v) is 3.33. The van der Waals surface area contributed by atoms with Gasteiger partial charge < -0.3 is 5.32 Å². The maximum absolute atomic E-state index is 3.46. The predicted octanol–water partition coefficient (Wildman–Crippen LogP) is 4.11. The highest BCUT2D eigenvalue weighted by Gasteiger charge is 2.21. The number of alkyl halides is 1. The summed E-state index contributed by atoms with van der Waals surface area (Å²) in [6, 6.07) is 0.696. The van der Waals surface area contributed by atoms with Gasteiger partial charge in [-0.15, -0.1) is 0 Å². The van der Waals surface area contributed by atoms with Gasteiger partial charge in [0.25, 0.3) is 0 Å². The van der Waals surface area contributed by atoms with Gasteiger partial charge in [0.15, 0.2) is 0 Å². The molecule has 0 saturated carbocycles. The monoisotopic (exact) mass is 325 g/mol. The van der Waals surface area contributed by atoms with E-state index in [1.54, 1.807) is 0 Å². The molecule has 0 rings (SSSR count). The van der Waals surface area contributed by atoms with Crippen LogP contribution < -0.4 is 5.32 Å². The van der Waals surface area contributed by atoms with Gasteiger partial charge in [0.05, 0.1) is 0 Å². The summed E-state index contributed by atoms with van der Waals surface area (Å²) in [4.78, 5) is 0. The molecule has 0 aromatic heterocycles. The van der Waals surface area contributed by atoms with Crippen LogP contribution in [0, 0.1) is 17.8 Å². The van der Waals surface area contributed by atoms with Crippen LogP contribution in [0.4, 0.5) is 0 Å². The van der Waals surface area contributed by atoms with Crippen LogP contribution in [0.5, 0.6) is 0 Å². The van der Waals surface area contributed by atoms with E-state index in [0.29, 0.717) is 6.04 Å². The number of hydrogen-bond donors (Lipinski definition) is 1. The van der Waals surface area contributed by atoms with Crippen molar-refractivity contribution < 1.29 is 0 Å². The van der Waals surface area contributed by atoms with Crippen molar-refractivity contribution in [2.24, 2.45) is 17.8 Å². The molecule has 92 valence electrons. The molecule has 0 aliphatic heterocycles. The molecule has 0 heterocycles. The Kier molecular flexibility index (Phi) is 9.20. The van der Waals surface area contributed by atoms with Crippen molar-refractivity contribution >= 4 is 22.6 Å². The molecule has 0 aromatic carbocycles. The Morgan fingerprint density at radius 2 is 1.67 bits per heavy atom. The fraction of sp³-hybridized carbons (Fsp3) is 1.00. The van der Waals surface area contributed by atoms with Crippen LogP contribution in [0.3, 0.4) is 0 Å². The number of rotatable bonds is 8. The minimum atomic E-state index is 0.696. The van der Waals surface area contributed by atoms with Crippen LogP contribution in [0.25, 0.3) is 0 Å². The number of nitrogens with one attached hydrogen (secondary N) is 1. The lowest BCUT2D eigenvalue weighted by molar-refractivity contribution is 0.259. The zero-order valence-electron chi connectivity index (χ0n) is 11.0. The van der Waals surface area contributed by atoms with E-state index in [0.717, 1.165) is 17.8 Å². The van der Waals surface area contributed by atoms with E-state index < -0.39 is 0 Å². The summed E-state index contributed by atoms with van der Waals surface area (Å²) in [6.45, 7) is 9.42. The van der Waals surface area contributed by atoms with E-state index >= 15 is 0 Å². The molecular weight excluding hydrogens is 297 g/mol. The molecule has 0 amide bonds. The average Bonchev–Trinajstić information content (AvgIpc) is 2.27. The lowest BCUT2D eigenvalue weighted by Gasteiger charge is -2.29. The molecule has 0 bridgehead atoms. The SMILES string of the molecule is CCC(C)C(C)CC(CC)C(CI)NC. The summed E-state index contributed by atoms with van der Waals surface area (Å²) in [7, 11) is 2.10. The first kappa shape index (κ1) is 15.7. The van der Waals surface area contributed by atoms with Crippen LogP contribution in [-0.2, 0) is 0 Å². The zero-order chi connectivity index (χ0) is 11.8. The zero-order valence-corrected chi connectivity index (χ0v) is 13.2. The largest absolute Gasteiger partial charge is 0.316 e. The van der Waals surface area contributed by atoms with Gasteiger partial charge >= 0.3 is 0 Å². The Bertz CT molecular complexity index is 145. The second-order valence-electron chi connectivity index (χ2n) is 4.82. The van der Waals surface area contributed by atoms with E-state index in [2.05, 4.69) is 62.7 Å². The maximum atomic E-state index is 3.46. The second-order valence-corrected chi connectivity index (χ2v) is 5.70. The summed E-state index contributed by atoms with van der Waals surface area (Å²) in [5.41, 5.74) is 0. The lowest BCUT2D eigenvalue weighted by Crippen LogP contribution is -2.36. The molecular formula is C13H28IN. The number of halogens is 1. The molecule has 1 nitrogen and oxygen atoms in total. The van der Waals surface area contributed by atoms with Gasteiger partial charge in [0.2, 0.25) is 0 Å². The molecule has 15 heavy (non-hydrogen) atoms. The van der Waals surface area contributed by atoms with Gasteiger partial charge in [-0.05, 0) is 31.2 Å². The van der Waals surface area contributed by atoms with Crippen LogP contribution >= 0.6 is 22.6 Å². The first-order valence-corrected chi connectivity index (χ1v) is 7.86. The third-order valence-electron chi connectivity index (χ3n) is 3.92. The molecule has 1 N–H and O–H groups in total. The van der Waals surface area contributed by atoms with Crippen LogP contribution in [0.2, 0.25) is 0 Å². The minimum absolute atomic E-state index is 0.696. The first-order valence-electron chi connectivity index (χ1n) is 6.33. The van der Waals surface area contributed by atoms with Gasteiger partial charge in [-0.25, -0.2) is 0 Å². The summed E-state index contributed by atoms with van der Waals surface area (Å²) in [5.74, 6) is 2.57. The fourth-order valence-electron chi connectivity index (χ4n) is 2.17. The van der Waals surface area contributed by atoms with Gasteiger partial charge in [0, 0.05) is 10.5 Å². The normalized spacial score (nSPS) is 19.6. The van der Waals surface area contributed by atoms with Gasteiger partial charge in [0.1, 0.15) is 0 Å². The Morgan fingerprint density at radius 3 is 2.00 bits per heavy atom. The molecule has 0 radical (unpaired) electrons. The Morgan fingerprint density at radius 1 is 1.07 bits per heavy atom. The highest BCUT2D eigenvalue weighted by atomic mass is 127. The quantitative estimate of drug-likeness (QED) is 0.523. The van der Waals surface area contributed by atoms with Crippen molar-refractivity contribution in [2.75, 3.05) is 11.5 Å². The molecule has 0 spiro atoms. The van der Waals surface area contributed by atoms with E-state index in [1.807, 2.05) is 0 Å². The van der Waals surface area contributed by atoms with Crippen LogP contribution in [-0.4, -0.2) is 17.5 Å². The van der Waals surface area contributed by atoms with Crippen molar-refractivity contribution in [3.63, 3.8) is 0 Å². The summed E-state index contributed by atoms with van der Waals surface area (Å²) in [5, 5.41) is 3.46. The van der Waals surface area contributed by atoms with Crippen molar-refractivity contribution in [3.8, 4) is 0 Å². The summed E-state index contributed by atoms with van der Waals surface area (Å²) in [6.07, 6.45) is 3.99. The highest BCUT2D eigenvalue weighted by molar-refractivity contribution is 14.1. The predicted molar refractivity (Wildman–Crippen MR) is 78.8 cm³/mol. The van der Waals surface area contributed by atoms with Crippen molar-refractivity contribution in [1.29, 1.82) is 0 Å². The molecule has 2 heteroatoms. The third-order valence-corrected chi connectivity index (χ3v) is 4.87. The van der Waals surface area contributed by atoms with Crippen molar-refractivity contribution in [1.82, 2.24) is 5.32 Å². The van der Waals surface area contributed by atoms with E-state index in [9.17, 15) is 0 Å². The van der Waals surface area contributed by atoms with Crippen molar-refractivity contribution in [3.05, 3.63) is 0 Å². The first-order chi connectivity index (χ1) is 7.10. The lowest BCUT2D eigenvalue weighted by atomic mass is 9.82. The smallest absolute Gasteiger partial charge is 0.0182 e. The third kappa shape index (κ3) is 5.53. The summed E-state index contributed by atoms with van der Waals surface area (Å²) < 4.78 is 1.22. The van der Waals surface area contributed by atoms with E-state index in [4.69, 9.17) is 0 Å². The minimum Gasteiger partial charge on any atom is -0.316 e. The molecule has 0 aliphatic carbocycles. The number of hydrogen-bond acceptors (Lipinski definition) is 1. The van der Waals surface area contributed by atoms with Crippen LogP contribution in [0.1, 0.15) is 47.0 Å². The summed E-state index contributed by atoms with van der Waals surface area (Å²) >= 11 is 2.50. The Labute approximate surface area is 110 Å². The van der Waals surface area contributed by atoms with Gasteiger partial charge in [-0.3, -0.25) is 0 Å². The van der Waals surface area contributed by atoms with E-state index in [-0.39, 0.29) is 0 Å². The van der Waals surface area contributed by atoms with Gasteiger partial charge in [-0.1, -0.05) is 63.1 Å². The van der Waals surface area contributed by atoms with Gasteiger partial charge in [-0.2, -0.15) is 0 Å². The molecule has 0 aliphatic rings. The molecule has 0 fully saturated rings. The van der Waals surface area contributed by atoms with Crippen molar-refractivity contribution in [2.45, 2.75) is 53.0 Å². The molecule has 4 atom stereocenters. The maximum Gasteiger partial charge on any atom is 0.0182 e. The Balaban J connectivity index is 4.18. The molecule has 0 aromatic rings. The topological polar surface area (TPSA) is 12.0 Å². The molecule has 0 saturated heterocycles. The van der Waals surface area contributed by atoms with Crippen LogP contribution in [0.15, 0.2) is 0 Å². The second kappa shape index (κ2) is 8.80. The average molecular weight is 325 g/mol.